The lowest BCUT2D eigenvalue weighted by molar-refractivity contribution is 0.581. The topological polar surface area (TPSA) is 12.0 Å². The zero-order chi connectivity index (χ0) is 13.8. The Morgan fingerprint density at radius 1 is 1.11 bits per heavy atom. The lowest BCUT2D eigenvalue weighted by atomic mass is 10.0. The van der Waals surface area contributed by atoms with Crippen molar-refractivity contribution in [2.45, 2.75) is 39.3 Å². The highest BCUT2D eigenvalue weighted by molar-refractivity contribution is 9.10. The van der Waals surface area contributed by atoms with Gasteiger partial charge in [0.05, 0.1) is 0 Å². The molecule has 1 atom stereocenters. The smallest absolute Gasteiger partial charge is 0.0400 e. The van der Waals surface area contributed by atoms with Crippen LogP contribution in [0, 0.1) is 0 Å². The minimum atomic E-state index is 0.374. The summed E-state index contributed by atoms with van der Waals surface area (Å²) in [6, 6.07) is 11.4. The number of benzene rings is 1. The SMILES string of the molecule is CC(C)c1ccc(CNC(C)c2sccc2Br)cc1. The van der Waals surface area contributed by atoms with E-state index in [1.165, 1.54) is 20.5 Å². The van der Waals surface area contributed by atoms with Crippen LogP contribution in [0.3, 0.4) is 0 Å². The summed E-state index contributed by atoms with van der Waals surface area (Å²) < 4.78 is 1.20. The van der Waals surface area contributed by atoms with Crippen LogP contribution in [-0.4, -0.2) is 0 Å². The van der Waals surface area contributed by atoms with E-state index in [9.17, 15) is 0 Å². The molecule has 0 amide bonds. The first kappa shape index (κ1) is 14.8. The summed E-state index contributed by atoms with van der Waals surface area (Å²) in [5.74, 6) is 0.600. The van der Waals surface area contributed by atoms with Gasteiger partial charge in [-0.1, -0.05) is 38.1 Å². The van der Waals surface area contributed by atoms with Crippen LogP contribution in [0.1, 0.15) is 48.7 Å². The Morgan fingerprint density at radius 2 is 1.79 bits per heavy atom. The molecule has 0 spiro atoms. The van der Waals surface area contributed by atoms with Gasteiger partial charge in [0.2, 0.25) is 0 Å². The molecule has 1 heterocycles. The van der Waals surface area contributed by atoms with Gasteiger partial charge in [0, 0.05) is 21.9 Å². The predicted octanol–water partition coefficient (Wildman–Crippen LogP) is 5.48. The van der Waals surface area contributed by atoms with Gasteiger partial charge < -0.3 is 5.32 Å². The largest absolute Gasteiger partial charge is 0.305 e. The van der Waals surface area contributed by atoms with E-state index in [1.54, 1.807) is 11.3 Å². The number of hydrogen-bond acceptors (Lipinski definition) is 2. The van der Waals surface area contributed by atoms with Gasteiger partial charge >= 0.3 is 0 Å². The fraction of sp³-hybridized carbons (Fsp3) is 0.375. The first-order chi connectivity index (χ1) is 9.08. The molecule has 0 saturated heterocycles. The number of halogens is 1. The number of nitrogens with one attached hydrogen (secondary N) is 1. The van der Waals surface area contributed by atoms with Crippen LogP contribution in [0.5, 0.6) is 0 Å². The van der Waals surface area contributed by atoms with E-state index < -0.39 is 0 Å². The van der Waals surface area contributed by atoms with Crippen LogP contribution < -0.4 is 5.32 Å². The molecule has 3 heteroatoms. The molecule has 0 bridgehead atoms. The summed E-state index contributed by atoms with van der Waals surface area (Å²) in [4.78, 5) is 1.36. The first-order valence-corrected chi connectivity index (χ1v) is 8.30. The molecule has 2 aromatic rings. The van der Waals surface area contributed by atoms with E-state index in [0.29, 0.717) is 12.0 Å². The van der Waals surface area contributed by atoms with Crippen LogP contribution in [0.15, 0.2) is 40.2 Å². The minimum Gasteiger partial charge on any atom is -0.305 e. The molecule has 0 aliphatic heterocycles. The van der Waals surface area contributed by atoms with Crippen molar-refractivity contribution in [2.24, 2.45) is 0 Å². The predicted molar refractivity (Wildman–Crippen MR) is 87.8 cm³/mol. The standard InChI is InChI=1S/C16H20BrNS/c1-11(2)14-6-4-13(5-7-14)10-18-12(3)16-15(17)8-9-19-16/h4-9,11-12,18H,10H2,1-3H3. The van der Waals surface area contributed by atoms with Crippen molar-refractivity contribution < 1.29 is 0 Å². The number of hydrogen-bond donors (Lipinski definition) is 1. The molecule has 1 aromatic carbocycles. The van der Waals surface area contributed by atoms with Crippen molar-refractivity contribution >= 4 is 27.3 Å². The maximum absolute atomic E-state index is 3.59. The highest BCUT2D eigenvalue weighted by Gasteiger charge is 2.10. The summed E-state index contributed by atoms with van der Waals surface area (Å²) in [6.45, 7) is 7.57. The Bertz CT molecular complexity index is 516. The van der Waals surface area contributed by atoms with Crippen molar-refractivity contribution in [3.63, 3.8) is 0 Å². The normalized spacial score (nSPS) is 12.9. The molecular formula is C16H20BrNS. The fourth-order valence-corrected chi connectivity index (χ4v) is 3.75. The average molecular weight is 338 g/mol. The van der Waals surface area contributed by atoms with E-state index in [-0.39, 0.29) is 0 Å². The third-order valence-corrected chi connectivity index (χ3v) is 5.35. The molecule has 1 nitrogen and oxygen atoms in total. The third-order valence-electron chi connectivity index (χ3n) is 3.30. The van der Waals surface area contributed by atoms with Gasteiger partial charge in [0.25, 0.3) is 0 Å². The van der Waals surface area contributed by atoms with Crippen molar-refractivity contribution in [1.82, 2.24) is 5.32 Å². The highest BCUT2D eigenvalue weighted by Crippen LogP contribution is 2.28. The van der Waals surface area contributed by atoms with Crippen LogP contribution in [0.2, 0.25) is 0 Å². The maximum Gasteiger partial charge on any atom is 0.0400 e. The highest BCUT2D eigenvalue weighted by atomic mass is 79.9. The Labute approximate surface area is 128 Å². The summed E-state index contributed by atoms with van der Waals surface area (Å²) in [5.41, 5.74) is 2.74. The second-order valence-electron chi connectivity index (χ2n) is 5.13. The Hall–Kier alpha value is -0.640. The molecule has 1 N–H and O–H groups in total. The van der Waals surface area contributed by atoms with Crippen LogP contribution in [0.25, 0.3) is 0 Å². The molecule has 2 rings (SSSR count). The molecule has 19 heavy (non-hydrogen) atoms. The molecule has 1 unspecified atom stereocenters. The van der Waals surface area contributed by atoms with E-state index in [2.05, 4.69) is 77.7 Å². The number of thiophene rings is 1. The van der Waals surface area contributed by atoms with Crippen LogP contribution in [0.4, 0.5) is 0 Å². The molecule has 0 fully saturated rings. The van der Waals surface area contributed by atoms with Crippen molar-refractivity contribution in [2.75, 3.05) is 0 Å². The third kappa shape index (κ3) is 3.91. The van der Waals surface area contributed by atoms with Gasteiger partial charge in [-0.2, -0.15) is 0 Å². The molecule has 102 valence electrons. The lowest BCUT2D eigenvalue weighted by Crippen LogP contribution is -2.17. The van der Waals surface area contributed by atoms with Gasteiger partial charge in [-0.25, -0.2) is 0 Å². The van der Waals surface area contributed by atoms with Gasteiger partial charge in [-0.05, 0) is 51.3 Å². The summed E-state index contributed by atoms with van der Waals surface area (Å²) >= 11 is 5.38. The summed E-state index contributed by atoms with van der Waals surface area (Å²) in [7, 11) is 0. The molecule has 0 radical (unpaired) electrons. The molecule has 1 aromatic heterocycles. The first-order valence-electron chi connectivity index (χ1n) is 6.63. The van der Waals surface area contributed by atoms with Crippen LogP contribution in [-0.2, 0) is 6.54 Å². The van der Waals surface area contributed by atoms with E-state index >= 15 is 0 Å². The Kier molecular flexibility index (Phi) is 5.20. The second-order valence-corrected chi connectivity index (χ2v) is 6.93. The number of rotatable bonds is 5. The van der Waals surface area contributed by atoms with Crippen molar-refractivity contribution in [3.05, 3.63) is 56.2 Å². The van der Waals surface area contributed by atoms with Gasteiger partial charge in [-0.15, -0.1) is 11.3 Å². The monoisotopic (exact) mass is 337 g/mol. The van der Waals surface area contributed by atoms with Crippen molar-refractivity contribution in [3.8, 4) is 0 Å². The lowest BCUT2D eigenvalue weighted by Gasteiger charge is -2.13. The zero-order valence-corrected chi connectivity index (χ0v) is 14.0. The van der Waals surface area contributed by atoms with Gasteiger partial charge in [0.1, 0.15) is 0 Å². The molecular weight excluding hydrogens is 318 g/mol. The second kappa shape index (κ2) is 6.69. The molecule has 0 aliphatic rings. The molecule has 0 aliphatic carbocycles. The Morgan fingerprint density at radius 3 is 2.32 bits per heavy atom. The fourth-order valence-electron chi connectivity index (χ4n) is 2.00. The average Bonchev–Trinajstić information content (AvgIpc) is 2.83. The van der Waals surface area contributed by atoms with Gasteiger partial charge in [-0.3, -0.25) is 0 Å². The van der Waals surface area contributed by atoms with Gasteiger partial charge in [0.15, 0.2) is 0 Å². The summed E-state index contributed by atoms with van der Waals surface area (Å²) in [5, 5.41) is 5.69. The summed E-state index contributed by atoms with van der Waals surface area (Å²) in [6.07, 6.45) is 0. The van der Waals surface area contributed by atoms with E-state index in [4.69, 9.17) is 0 Å². The zero-order valence-electron chi connectivity index (χ0n) is 11.6. The quantitative estimate of drug-likeness (QED) is 0.761. The Balaban J connectivity index is 1.93. The van der Waals surface area contributed by atoms with E-state index in [0.717, 1.165) is 6.54 Å². The van der Waals surface area contributed by atoms with Crippen LogP contribution >= 0.6 is 27.3 Å². The minimum absolute atomic E-state index is 0.374. The van der Waals surface area contributed by atoms with E-state index in [1.807, 2.05) is 0 Å². The maximum atomic E-state index is 3.59. The van der Waals surface area contributed by atoms with Crippen molar-refractivity contribution in [1.29, 1.82) is 0 Å². The molecule has 0 saturated carbocycles.